The van der Waals surface area contributed by atoms with Crippen LogP contribution in [0.1, 0.15) is 31.7 Å². The van der Waals surface area contributed by atoms with Crippen LogP contribution in [0, 0.1) is 0 Å². The van der Waals surface area contributed by atoms with Gasteiger partial charge in [0.05, 0.1) is 13.0 Å². The Labute approximate surface area is 129 Å². The van der Waals surface area contributed by atoms with Gasteiger partial charge < -0.3 is 15.2 Å². The molecule has 0 heterocycles. The van der Waals surface area contributed by atoms with E-state index in [4.69, 9.17) is 9.84 Å². The van der Waals surface area contributed by atoms with Crippen molar-refractivity contribution in [3.8, 4) is 0 Å². The third-order valence-electron chi connectivity index (χ3n) is 3.06. The molecule has 0 bridgehead atoms. The predicted molar refractivity (Wildman–Crippen MR) is 80.2 cm³/mol. The van der Waals surface area contributed by atoms with E-state index >= 15 is 0 Å². The number of aryl methyl sites for hydroxylation is 1. The summed E-state index contributed by atoms with van der Waals surface area (Å²) >= 11 is 0. The summed E-state index contributed by atoms with van der Waals surface area (Å²) in [5, 5.41) is 11.6. The lowest BCUT2D eigenvalue weighted by atomic mass is 10.1. The lowest BCUT2D eigenvalue weighted by Crippen LogP contribution is -2.41. The van der Waals surface area contributed by atoms with Crippen LogP contribution in [0.5, 0.6) is 0 Å². The smallest absolute Gasteiger partial charge is 0.326 e. The number of hydrogen-bond acceptors (Lipinski definition) is 4. The van der Waals surface area contributed by atoms with Gasteiger partial charge in [-0.1, -0.05) is 30.3 Å². The van der Waals surface area contributed by atoms with Crippen molar-refractivity contribution in [2.24, 2.45) is 0 Å². The second-order valence-corrected chi connectivity index (χ2v) is 4.79. The quantitative estimate of drug-likeness (QED) is 0.675. The van der Waals surface area contributed by atoms with Crippen LogP contribution in [-0.4, -0.2) is 35.6 Å². The molecular formula is C16H21NO5. The summed E-state index contributed by atoms with van der Waals surface area (Å²) in [6, 6.07) is 8.49. The fraction of sp³-hybridized carbons (Fsp3) is 0.438. The Morgan fingerprint density at radius 3 is 2.45 bits per heavy atom. The molecule has 6 nitrogen and oxygen atoms in total. The number of carboxylic acid groups (broad SMARTS) is 1. The van der Waals surface area contributed by atoms with Crippen LogP contribution in [0.25, 0.3) is 0 Å². The first-order chi connectivity index (χ1) is 10.5. The number of esters is 1. The number of carbonyl (C=O) groups is 3. The molecule has 1 aromatic rings. The van der Waals surface area contributed by atoms with Gasteiger partial charge in [-0.05, 0) is 25.3 Å². The molecule has 0 aliphatic carbocycles. The van der Waals surface area contributed by atoms with Crippen molar-refractivity contribution in [3.05, 3.63) is 35.9 Å². The summed E-state index contributed by atoms with van der Waals surface area (Å²) in [7, 11) is 0. The van der Waals surface area contributed by atoms with Crippen LogP contribution in [0.4, 0.5) is 0 Å². The molecule has 0 aliphatic rings. The Morgan fingerprint density at radius 1 is 1.18 bits per heavy atom. The Morgan fingerprint density at radius 2 is 1.86 bits per heavy atom. The predicted octanol–water partition coefficient (Wildman–Crippen LogP) is 1.53. The summed E-state index contributed by atoms with van der Waals surface area (Å²) in [4.78, 5) is 34.0. The van der Waals surface area contributed by atoms with Crippen LogP contribution >= 0.6 is 0 Å². The molecule has 2 N–H and O–H groups in total. The molecule has 1 amide bonds. The number of hydrogen-bond donors (Lipinski definition) is 2. The van der Waals surface area contributed by atoms with Gasteiger partial charge in [0.1, 0.15) is 6.04 Å². The van der Waals surface area contributed by atoms with Crippen molar-refractivity contribution in [3.63, 3.8) is 0 Å². The standard InChI is InChI=1S/C16H21NO5/c1-2-22-15(19)11-10-14(18)17-13(16(20)21)9-8-12-6-4-3-5-7-12/h3-7,13H,2,8-11H2,1H3,(H,17,18)(H,20,21)/t13-/m1/s1. The van der Waals surface area contributed by atoms with Gasteiger partial charge in [0.2, 0.25) is 5.91 Å². The average Bonchev–Trinajstić information content (AvgIpc) is 2.50. The Kier molecular flexibility index (Phi) is 7.67. The van der Waals surface area contributed by atoms with E-state index in [1.54, 1.807) is 6.92 Å². The second kappa shape index (κ2) is 9.55. The van der Waals surface area contributed by atoms with Crippen molar-refractivity contribution < 1.29 is 24.2 Å². The van der Waals surface area contributed by atoms with E-state index < -0.39 is 23.9 Å². The summed E-state index contributed by atoms with van der Waals surface area (Å²) in [5.74, 6) is -2.01. The third kappa shape index (κ3) is 6.88. The minimum Gasteiger partial charge on any atom is -0.480 e. The molecule has 0 aliphatic heterocycles. The maximum Gasteiger partial charge on any atom is 0.326 e. The summed E-state index contributed by atoms with van der Waals surface area (Å²) in [5.41, 5.74) is 1.01. The number of carbonyl (C=O) groups excluding carboxylic acids is 2. The highest BCUT2D eigenvalue weighted by Gasteiger charge is 2.20. The average molecular weight is 307 g/mol. The molecule has 0 unspecified atom stereocenters. The second-order valence-electron chi connectivity index (χ2n) is 4.79. The fourth-order valence-electron chi connectivity index (χ4n) is 1.93. The zero-order valence-corrected chi connectivity index (χ0v) is 12.6. The minimum absolute atomic E-state index is 0.0509. The highest BCUT2D eigenvalue weighted by atomic mass is 16.5. The first kappa shape index (κ1) is 17.7. The van der Waals surface area contributed by atoms with Crippen molar-refractivity contribution in [1.82, 2.24) is 5.32 Å². The molecule has 0 saturated carbocycles. The zero-order valence-electron chi connectivity index (χ0n) is 12.6. The van der Waals surface area contributed by atoms with Crippen LogP contribution < -0.4 is 5.32 Å². The van der Waals surface area contributed by atoms with Gasteiger partial charge in [-0.2, -0.15) is 0 Å². The van der Waals surface area contributed by atoms with Gasteiger partial charge in [0.15, 0.2) is 0 Å². The fourth-order valence-corrected chi connectivity index (χ4v) is 1.93. The normalized spacial score (nSPS) is 11.5. The van der Waals surface area contributed by atoms with E-state index in [1.165, 1.54) is 0 Å². The third-order valence-corrected chi connectivity index (χ3v) is 3.06. The molecule has 0 radical (unpaired) electrons. The number of amides is 1. The molecule has 0 fully saturated rings. The lowest BCUT2D eigenvalue weighted by molar-refractivity contribution is -0.145. The SMILES string of the molecule is CCOC(=O)CCC(=O)N[C@H](CCc1ccccc1)C(=O)O. The van der Waals surface area contributed by atoms with E-state index in [2.05, 4.69) is 5.32 Å². The Hall–Kier alpha value is -2.37. The monoisotopic (exact) mass is 307 g/mol. The van der Waals surface area contributed by atoms with Gasteiger partial charge in [-0.15, -0.1) is 0 Å². The van der Waals surface area contributed by atoms with Gasteiger partial charge in [-0.25, -0.2) is 4.79 Å². The maximum atomic E-state index is 11.7. The summed E-state index contributed by atoms with van der Waals surface area (Å²) in [6.45, 7) is 1.94. The highest BCUT2D eigenvalue weighted by molar-refractivity contribution is 5.85. The van der Waals surface area contributed by atoms with Crippen LogP contribution in [0.2, 0.25) is 0 Å². The highest BCUT2D eigenvalue weighted by Crippen LogP contribution is 2.06. The number of ether oxygens (including phenoxy) is 1. The van der Waals surface area contributed by atoms with E-state index in [1.807, 2.05) is 30.3 Å². The Balaban J connectivity index is 2.41. The number of aliphatic carboxylic acids is 1. The molecule has 0 aromatic heterocycles. The molecule has 0 saturated heterocycles. The van der Waals surface area contributed by atoms with Gasteiger partial charge in [-0.3, -0.25) is 9.59 Å². The van der Waals surface area contributed by atoms with Crippen LogP contribution in [0.15, 0.2) is 30.3 Å². The summed E-state index contributed by atoms with van der Waals surface area (Å²) < 4.78 is 4.71. The van der Waals surface area contributed by atoms with E-state index in [0.717, 1.165) is 5.56 Å². The number of carboxylic acids is 1. The number of nitrogens with one attached hydrogen (secondary N) is 1. The van der Waals surface area contributed by atoms with Gasteiger partial charge in [0.25, 0.3) is 0 Å². The van der Waals surface area contributed by atoms with Crippen molar-refractivity contribution in [1.29, 1.82) is 0 Å². The molecule has 1 aromatic carbocycles. The van der Waals surface area contributed by atoms with Gasteiger partial charge in [0, 0.05) is 6.42 Å². The lowest BCUT2D eigenvalue weighted by Gasteiger charge is -2.14. The molecule has 6 heteroatoms. The van der Waals surface area contributed by atoms with E-state index in [-0.39, 0.29) is 19.4 Å². The largest absolute Gasteiger partial charge is 0.480 e. The summed E-state index contributed by atoms with van der Waals surface area (Å²) in [6.07, 6.45) is 0.721. The molecule has 0 spiro atoms. The minimum atomic E-state index is -1.08. The molecule has 120 valence electrons. The maximum absolute atomic E-state index is 11.7. The first-order valence-corrected chi connectivity index (χ1v) is 7.24. The topological polar surface area (TPSA) is 92.7 Å². The Bertz CT molecular complexity index is 501. The first-order valence-electron chi connectivity index (χ1n) is 7.24. The van der Waals surface area contributed by atoms with Crippen LogP contribution in [0.3, 0.4) is 0 Å². The van der Waals surface area contributed by atoms with Crippen molar-refractivity contribution in [2.75, 3.05) is 6.61 Å². The molecule has 22 heavy (non-hydrogen) atoms. The van der Waals surface area contributed by atoms with Crippen molar-refractivity contribution >= 4 is 17.8 Å². The van der Waals surface area contributed by atoms with E-state index in [9.17, 15) is 14.4 Å². The molecule has 1 rings (SSSR count). The van der Waals surface area contributed by atoms with Crippen LogP contribution in [-0.2, 0) is 25.5 Å². The molecule has 1 atom stereocenters. The van der Waals surface area contributed by atoms with Gasteiger partial charge >= 0.3 is 11.9 Å². The van der Waals surface area contributed by atoms with Crippen molar-refractivity contribution in [2.45, 2.75) is 38.6 Å². The van der Waals surface area contributed by atoms with E-state index in [0.29, 0.717) is 12.8 Å². The molecular weight excluding hydrogens is 286 g/mol. The number of benzene rings is 1. The zero-order chi connectivity index (χ0) is 16.4. The number of rotatable bonds is 9.